The first-order valence-electron chi connectivity index (χ1n) is 11.0. The van der Waals surface area contributed by atoms with Crippen molar-refractivity contribution in [2.45, 2.75) is 6.54 Å². The van der Waals surface area contributed by atoms with Crippen molar-refractivity contribution >= 4 is 22.9 Å². The molecule has 0 aliphatic carbocycles. The van der Waals surface area contributed by atoms with Crippen LogP contribution in [0.25, 0.3) is 22.2 Å². The van der Waals surface area contributed by atoms with Crippen LogP contribution in [0.3, 0.4) is 0 Å². The van der Waals surface area contributed by atoms with Crippen LogP contribution in [0.5, 0.6) is 11.5 Å². The van der Waals surface area contributed by atoms with Gasteiger partial charge in [-0.3, -0.25) is 9.69 Å². The predicted octanol–water partition coefficient (Wildman–Crippen LogP) is 2.49. The van der Waals surface area contributed by atoms with Gasteiger partial charge < -0.3 is 24.3 Å². The lowest BCUT2D eigenvalue weighted by Crippen LogP contribution is -2.48. The van der Waals surface area contributed by atoms with Crippen LogP contribution < -0.4 is 14.8 Å². The fourth-order valence-corrected chi connectivity index (χ4v) is 4.16. The van der Waals surface area contributed by atoms with E-state index in [2.05, 4.69) is 32.5 Å². The smallest absolute Gasteiger partial charge is 0.246 e. The third-order valence-corrected chi connectivity index (χ3v) is 6.05. The molecule has 9 nitrogen and oxygen atoms in total. The Balaban J connectivity index is 1.60. The molecule has 1 N–H and O–H groups in total. The first kappa shape index (κ1) is 22.6. The molecule has 0 saturated carbocycles. The van der Waals surface area contributed by atoms with E-state index in [-0.39, 0.29) is 5.91 Å². The molecule has 33 heavy (non-hydrogen) atoms. The molecule has 1 aromatic carbocycles. The number of carbonyl (C=O) groups is 1. The van der Waals surface area contributed by atoms with Gasteiger partial charge in [0.25, 0.3) is 0 Å². The summed E-state index contributed by atoms with van der Waals surface area (Å²) in [4.78, 5) is 25.2. The number of piperazine rings is 1. The minimum absolute atomic E-state index is 0.00177. The van der Waals surface area contributed by atoms with E-state index in [1.165, 1.54) is 6.08 Å². The van der Waals surface area contributed by atoms with Crippen LogP contribution in [-0.2, 0) is 11.3 Å². The van der Waals surface area contributed by atoms with E-state index in [4.69, 9.17) is 14.5 Å². The Morgan fingerprint density at radius 1 is 1.15 bits per heavy atom. The van der Waals surface area contributed by atoms with E-state index >= 15 is 0 Å². The number of rotatable bonds is 8. The largest absolute Gasteiger partial charge is 0.493 e. The molecule has 1 aliphatic rings. The van der Waals surface area contributed by atoms with Crippen molar-refractivity contribution in [2.24, 2.45) is 0 Å². The fourth-order valence-electron chi connectivity index (χ4n) is 4.16. The van der Waals surface area contributed by atoms with E-state index < -0.39 is 0 Å². The number of aromatic nitrogens is 3. The highest BCUT2D eigenvalue weighted by atomic mass is 16.5. The third-order valence-electron chi connectivity index (χ3n) is 6.05. The van der Waals surface area contributed by atoms with Gasteiger partial charge in [-0.05, 0) is 23.8 Å². The molecule has 1 amide bonds. The van der Waals surface area contributed by atoms with E-state index in [0.29, 0.717) is 17.4 Å². The lowest BCUT2D eigenvalue weighted by molar-refractivity contribution is -0.127. The molecule has 4 rings (SSSR count). The number of carbonyl (C=O) groups excluding carboxylic acids is 1. The molecule has 174 valence electrons. The zero-order valence-corrected chi connectivity index (χ0v) is 19.4. The number of ether oxygens (including phenoxy) is 2. The summed E-state index contributed by atoms with van der Waals surface area (Å²) in [7, 11) is 5.08. The molecule has 9 heteroatoms. The topological polar surface area (TPSA) is 84.8 Å². The maximum atomic E-state index is 11.8. The zero-order chi connectivity index (χ0) is 23.4. The molecule has 3 heterocycles. The van der Waals surface area contributed by atoms with Gasteiger partial charge in [0, 0.05) is 69.7 Å². The minimum atomic E-state index is 0.00177. The first-order chi connectivity index (χ1) is 16.1. The molecule has 0 spiro atoms. The monoisotopic (exact) mass is 450 g/mol. The second-order valence-electron chi connectivity index (χ2n) is 7.86. The second kappa shape index (κ2) is 9.91. The van der Waals surface area contributed by atoms with Crippen molar-refractivity contribution in [3.05, 3.63) is 43.2 Å². The third kappa shape index (κ3) is 4.63. The van der Waals surface area contributed by atoms with Gasteiger partial charge in [-0.1, -0.05) is 12.6 Å². The highest BCUT2D eigenvalue weighted by molar-refractivity contribution is 5.94. The molecular weight excluding hydrogens is 420 g/mol. The molecule has 1 saturated heterocycles. The van der Waals surface area contributed by atoms with Crippen molar-refractivity contribution in [3.8, 4) is 22.6 Å². The summed E-state index contributed by atoms with van der Waals surface area (Å²) in [6, 6.07) is 5.90. The number of benzene rings is 1. The molecule has 1 aliphatic heterocycles. The van der Waals surface area contributed by atoms with Gasteiger partial charge in [0.15, 0.2) is 11.5 Å². The Bertz CT molecular complexity index is 1150. The number of nitrogens with zero attached hydrogens (tertiary/aromatic N) is 5. The number of fused-ring (bicyclic) bond motifs is 1. The molecule has 2 aromatic heterocycles. The standard InChI is InChI=1S/C24H30N6O3/c1-5-22(31)29-11-8-28(9-12-29)10-13-30-16-19(18-15-26-24(25-2)27-23(18)30)17-6-7-20(32-3)21(14-17)33-4/h5-7,14-16H,1,8-13H2,2-4H3,(H,25,26,27). The van der Waals surface area contributed by atoms with Gasteiger partial charge in [-0.15, -0.1) is 0 Å². The Morgan fingerprint density at radius 2 is 1.91 bits per heavy atom. The van der Waals surface area contributed by atoms with Crippen molar-refractivity contribution < 1.29 is 14.3 Å². The van der Waals surface area contributed by atoms with Gasteiger partial charge in [0.2, 0.25) is 11.9 Å². The average molecular weight is 451 g/mol. The van der Waals surface area contributed by atoms with Crippen LogP contribution in [-0.4, -0.2) is 84.2 Å². The number of anilines is 1. The Morgan fingerprint density at radius 3 is 2.58 bits per heavy atom. The summed E-state index contributed by atoms with van der Waals surface area (Å²) in [5.74, 6) is 1.95. The number of methoxy groups -OCH3 is 2. The average Bonchev–Trinajstić information content (AvgIpc) is 3.24. The van der Waals surface area contributed by atoms with Crippen molar-refractivity contribution in [2.75, 3.05) is 59.3 Å². The van der Waals surface area contributed by atoms with E-state index in [1.54, 1.807) is 14.2 Å². The van der Waals surface area contributed by atoms with Crippen molar-refractivity contribution in [1.29, 1.82) is 0 Å². The van der Waals surface area contributed by atoms with E-state index in [1.807, 2.05) is 36.3 Å². The van der Waals surface area contributed by atoms with Gasteiger partial charge >= 0.3 is 0 Å². The lowest BCUT2D eigenvalue weighted by atomic mass is 10.1. The Labute approximate surface area is 193 Å². The summed E-state index contributed by atoms with van der Waals surface area (Å²) < 4.78 is 13.1. The maximum Gasteiger partial charge on any atom is 0.246 e. The SMILES string of the molecule is C=CC(=O)N1CCN(CCn2cc(-c3ccc(OC)c(OC)c3)c3cnc(NC)nc32)CC1. The summed E-state index contributed by atoms with van der Waals surface area (Å²) in [6.45, 7) is 8.36. The Hall–Kier alpha value is -3.59. The quantitative estimate of drug-likeness (QED) is 0.528. The number of amides is 1. The second-order valence-corrected chi connectivity index (χ2v) is 7.86. The number of hydrogen-bond donors (Lipinski definition) is 1. The first-order valence-corrected chi connectivity index (χ1v) is 11.0. The number of nitrogens with one attached hydrogen (secondary N) is 1. The molecule has 3 aromatic rings. The van der Waals surface area contributed by atoms with Gasteiger partial charge in [-0.25, -0.2) is 4.98 Å². The molecule has 0 bridgehead atoms. The molecular formula is C24H30N6O3. The van der Waals surface area contributed by atoms with Gasteiger partial charge in [0.05, 0.1) is 14.2 Å². The molecule has 0 unspecified atom stereocenters. The van der Waals surface area contributed by atoms with E-state index in [0.717, 1.165) is 61.4 Å². The van der Waals surface area contributed by atoms with Gasteiger partial charge in [-0.2, -0.15) is 4.98 Å². The zero-order valence-electron chi connectivity index (χ0n) is 19.4. The van der Waals surface area contributed by atoms with Crippen molar-refractivity contribution in [1.82, 2.24) is 24.3 Å². The molecule has 1 fully saturated rings. The summed E-state index contributed by atoms with van der Waals surface area (Å²) >= 11 is 0. The fraction of sp³-hybridized carbons (Fsp3) is 0.375. The van der Waals surface area contributed by atoms with Crippen LogP contribution in [0.2, 0.25) is 0 Å². The van der Waals surface area contributed by atoms with Crippen molar-refractivity contribution in [3.63, 3.8) is 0 Å². The maximum absolute atomic E-state index is 11.8. The van der Waals surface area contributed by atoms with Crippen LogP contribution >= 0.6 is 0 Å². The molecule has 0 atom stereocenters. The lowest BCUT2D eigenvalue weighted by Gasteiger charge is -2.34. The van der Waals surface area contributed by atoms with Crippen LogP contribution in [0.15, 0.2) is 43.2 Å². The highest BCUT2D eigenvalue weighted by Crippen LogP contribution is 2.36. The number of hydrogen-bond acceptors (Lipinski definition) is 7. The van der Waals surface area contributed by atoms with Crippen LogP contribution in [0.1, 0.15) is 0 Å². The molecule has 0 radical (unpaired) electrons. The predicted molar refractivity (Wildman–Crippen MR) is 129 cm³/mol. The Kier molecular flexibility index (Phi) is 6.79. The highest BCUT2D eigenvalue weighted by Gasteiger charge is 2.20. The van der Waals surface area contributed by atoms with Crippen LogP contribution in [0.4, 0.5) is 5.95 Å². The van der Waals surface area contributed by atoms with Gasteiger partial charge in [0.1, 0.15) is 5.65 Å². The normalized spacial score (nSPS) is 14.3. The van der Waals surface area contributed by atoms with E-state index in [9.17, 15) is 4.79 Å². The summed E-state index contributed by atoms with van der Waals surface area (Å²) in [5.41, 5.74) is 2.92. The summed E-state index contributed by atoms with van der Waals surface area (Å²) in [5, 5.41) is 4.00. The minimum Gasteiger partial charge on any atom is -0.493 e. The van der Waals surface area contributed by atoms with Crippen LogP contribution in [0, 0.1) is 0 Å². The summed E-state index contributed by atoms with van der Waals surface area (Å²) in [6.07, 6.45) is 5.37.